The molecule has 2 heterocycles. The van der Waals surface area contributed by atoms with Crippen LogP contribution in [0, 0.1) is 28.6 Å². The summed E-state index contributed by atoms with van der Waals surface area (Å²) in [6, 6.07) is -3.27. The summed E-state index contributed by atoms with van der Waals surface area (Å²) in [5.74, 6) is -0.836. The van der Waals surface area contributed by atoms with Gasteiger partial charge in [0.1, 0.15) is 42.2 Å². The van der Waals surface area contributed by atoms with E-state index < -0.39 is 128 Å². The van der Waals surface area contributed by atoms with Crippen molar-refractivity contribution in [1.29, 1.82) is 0 Å². The van der Waals surface area contributed by atoms with Crippen LogP contribution in [0.5, 0.6) is 0 Å². The Balaban J connectivity index is 0.000000205. The molecule has 0 amide bonds. The fourth-order valence-corrected chi connectivity index (χ4v) is 11.5. The number of hydrogen-bond acceptors (Lipinski definition) is 20. The first-order valence-corrected chi connectivity index (χ1v) is 21.3. The molecule has 6 fully saturated rings. The maximum absolute atomic E-state index is 12.9. The zero-order valence-electron chi connectivity index (χ0n) is 35.0. The molecule has 0 aromatic heterocycles. The Morgan fingerprint density at radius 1 is 0.869 bits per heavy atom. The van der Waals surface area contributed by atoms with E-state index in [-0.39, 0.29) is 48.3 Å². The maximum Gasteiger partial charge on any atom is 0.303 e. The second-order valence-electron chi connectivity index (χ2n) is 18.6. The van der Waals surface area contributed by atoms with Gasteiger partial charge in [0, 0.05) is 42.3 Å². The van der Waals surface area contributed by atoms with E-state index in [0.29, 0.717) is 19.3 Å². The molecule has 7 rings (SSSR count). The first-order valence-electron chi connectivity index (χ1n) is 21.3. The van der Waals surface area contributed by atoms with Crippen LogP contribution in [0.3, 0.4) is 0 Å². The Morgan fingerprint density at radius 3 is 2.13 bits per heavy atom. The van der Waals surface area contributed by atoms with E-state index in [2.05, 4.69) is 6.92 Å². The van der Waals surface area contributed by atoms with Gasteiger partial charge in [0.15, 0.2) is 25.0 Å². The van der Waals surface area contributed by atoms with Crippen LogP contribution in [-0.2, 0) is 38.1 Å². The zero-order valence-corrected chi connectivity index (χ0v) is 35.0. The number of fused-ring (bicyclic) bond motifs is 5. The van der Waals surface area contributed by atoms with Crippen molar-refractivity contribution < 1.29 is 73.8 Å². The number of allylic oxidation sites excluding steroid dienone is 4. The van der Waals surface area contributed by atoms with E-state index in [9.17, 15) is 50.1 Å². The number of carbonyl (C=O) groups is 3. The number of nitrogens with two attached hydrogens (primary N) is 5. The highest BCUT2D eigenvalue weighted by Crippen LogP contribution is 2.67. The Kier molecular flexibility index (Phi) is 14.7. The zero-order chi connectivity index (χ0) is 44.9. The lowest BCUT2D eigenvalue weighted by Gasteiger charge is -2.59. The topological polar surface area (TPSA) is 369 Å². The molecule has 0 spiro atoms. The van der Waals surface area contributed by atoms with Gasteiger partial charge in [-0.1, -0.05) is 25.5 Å². The molecule has 0 aromatic rings. The van der Waals surface area contributed by atoms with Crippen molar-refractivity contribution in [3.05, 3.63) is 23.8 Å². The third kappa shape index (κ3) is 8.90. The fourth-order valence-electron chi connectivity index (χ4n) is 11.5. The SMILES string of the molecule is CC(=O)OCC(=O)[C@@]1(O)CC[C@H]2[C@@H]3CCC4=CC(=O)C=C[C@]4(C)[C@H]3[C@@H](O)C[C@@]21C.NC[C@H]1O[C@H](O[C@H]2[C@H](O)[C@@H](O[C@H]3O[C@H](CO)[C@@H](O)[C@H](N)[C@H]3O)[C@H](N)C[C@@H]2N)[C@H](N)C[C@@H]1O. The average molecular weight is 870 g/mol. The Morgan fingerprint density at radius 2 is 1.51 bits per heavy atom. The molecule has 2 aliphatic heterocycles. The van der Waals surface area contributed by atoms with Crippen LogP contribution in [-0.4, -0.2) is 170 Å². The smallest absolute Gasteiger partial charge is 0.303 e. The summed E-state index contributed by atoms with van der Waals surface area (Å²) in [4.78, 5) is 35.9. The molecule has 20 heteroatoms. The van der Waals surface area contributed by atoms with Crippen molar-refractivity contribution in [3.8, 4) is 0 Å². The normalized spacial score (nSPS) is 49.4. The largest absolute Gasteiger partial charge is 0.458 e. The number of aliphatic hydroxyl groups excluding tert-OH is 6. The minimum atomic E-state index is -1.60. The molecular formula is C41H67N5O15. The van der Waals surface area contributed by atoms with Crippen LogP contribution >= 0.6 is 0 Å². The van der Waals surface area contributed by atoms with E-state index in [1.807, 2.05) is 13.0 Å². The summed E-state index contributed by atoms with van der Waals surface area (Å²) in [7, 11) is 0. The molecule has 17 N–H and O–H groups in total. The third-order valence-corrected chi connectivity index (χ3v) is 14.9. The van der Waals surface area contributed by atoms with Crippen LogP contribution < -0.4 is 28.7 Å². The lowest BCUT2D eigenvalue weighted by Crippen LogP contribution is -2.68. The quantitative estimate of drug-likeness (QED) is 0.0978. The molecule has 21 atom stereocenters. The maximum atomic E-state index is 12.9. The van der Waals surface area contributed by atoms with Crippen molar-refractivity contribution in [2.75, 3.05) is 19.8 Å². The number of aliphatic hydroxyl groups is 7. The second kappa shape index (κ2) is 18.6. The van der Waals surface area contributed by atoms with E-state index in [4.69, 9.17) is 52.4 Å². The molecule has 20 nitrogen and oxygen atoms in total. The van der Waals surface area contributed by atoms with Crippen LogP contribution in [0.4, 0.5) is 0 Å². The van der Waals surface area contributed by atoms with Crippen molar-refractivity contribution in [2.45, 2.75) is 163 Å². The average Bonchev–Trinajstić information content (AvgIpc) is 3.48. The summed E-state index contributed by atoms with van der Waals surface area (Å²) in [6.45, 7) is 4.30. The van der Waals surface area contributed by atoms with E-state index in [1.54, 1.807) is 12.2 Å². The molecular weight excluding hydrogens is 802 g/mol. The van der Waals surface area contributed by atoms with Gasteiger partial charge < -0.3 is 88.1 Å². The summed E-state index contributed by atoms with van der Waals surface area (Å²) < 4.78 is 27.6. The summed E-state index contributed by atoms with van der Waals surface area (Å²) in [6.07, 6.45) is -3.26. The van der Waals surface area contributed by atoms with E-state index in [0.717, 1.165) is 18.4 Å². The van der Waals surface area contributed by atoms with Gasteiger partial charge in [-0.3, -0.25) is 14.4 Å². The van der Waals surface area contributed by atoms with Gasteiger partial charge in [0.25, 0.3) is 0 Å². The molecule has 5 aliphatic carbocycles. The molecule has 346 valence electrons. The van der Waals surface area contributed by atoms with Gasteiger partial charge in [0.05, 0.1) is 37.0 Å². The first kappa shape index (κ1) is 48.1. The number of Topliss-reactive ketones (excluding diaryl/α,β-unsaturated/α-hetero) is 1. The molecule has 7 aliphatic rings. The van der Waals surface area contributed by atoms with Gasteiger partial charge in [-0.15, -0.1) is 0 Å². The minimum Gasteiger partial charge on any atom is -0.458 e. The highest BCUT2D eigenvalue weighted by molar-refractivity contribution is 6.01. The Hall–Kier alpha value is -2.35. The van der Waals surface area contributed by atoms with Crippen LogP contribution in [0.2, 0.25) is 0 Å². The van der Waals surface area contributed by atoms with Crippen molar-refractivity contribution in [1.82, 2.24) is 0 Å². The predicted molar refractivity (Wildman–Crippen MR) is 213 cm³/mol. The predicted octanol–water partition coefficient (Wildman–Crippen LogP) is -4.17. The molecule has 2 saturated heterocycles. The number of ether oxygens (including phenoxy) is 5. The van der Waals surface area contributed by atoms with Crippen molar-refractivity contribution in [3.63, 3.8) is 0 Å². The first-order chi connectivity index (χ1) is 28.6. The number of hydrogen-bond donors (Lipinski definition) is 12. The molecule has 0 radical (unpaired) electrons. The molecule has 0 aromatic carbocycles. The van der Waals surface area contributed by atoms with Gasteiger partial charge >= 0.3 is 5.97 Å². The van der Waals surface area contributed by atoms with E-state index in [1.165, 1.54) is 6.92 Å². The second-order valence-corrected chi connectivity index (χ2v) is 18.6. The fraction of sp³-hybridized carbons (Fsp3) is 0.829. The summed E-state index contributed by atoms with van der Waals surface area (Å²) in [5.41, 5.74) is 28.1. The minimum absolute atomic E-state index is 0.00243. The Bertz CT molecular complexity index is 1670. The summed E-state index contributed by atoms with van der Waals surface area (Å²) in [5, 5.41) is 73.4. The third-order valence-electron chi connectivity index (χ3n) is 14.9. The number of ketones is 2. The monoisotopic (exact) mass is 869 g/mol. The molecule has 0 unspecified atom stereocenters. The van der Waals surface area contributed by atoms with Crippen LogP contribution in [0.15, 0.2) is 23.8 Å². The van der Waals surface area contributed by atoms with Gasteiger partial charge in [0.2, 0.25) is 5.78 Å². The van der Waals surface area contributed by atoms with Gasteiger partial charge in [-0.05, 0) is 68.9 Å². The van der Waals surface area contributed by atoms with Gasteiger partial charge in [-0.25, -0.2) is 0 Å². The highest BCUT2D eigenvalue weighted by atomic mass is 16.7. The number of esters is 1. The lowest BCUT2D eigenvalue weighted by molar-refractivity contribution is -0.314. The summed E-state index contributed by atoms with van der Waals surface area (Å²) >= 11 is 0. The van der Waals surface area contributed by atoms with Crippen LogP contribution in [0.1, 0.15) is 65.7 Å². The molecule has 4 saturated carbocycles. The Labute approximate surface area is 354 Å². The van der Waals surface area contributed by atoms with Crippen molar-refractivity contribution in [2.24, 2.45) is 57.3 Å². The standard InChI is InChI=1S/C23H30O6.C18H37N5O9/c1-13(24)29-12-19(27)23(28)9-7-17-16-5-4-14-10-15(25)6-8-21(14,2)20(16)18(26)11-22(17,23)3;19-3-9-8(25)2-7(22)17(29-9)31-15-5(20)1-6(21)16(14(15)28)32-18-13(27)11(23)12(26)10(4-24)30-18/h6,8,10,16-18,20,26,28H,4-5,7,9,11-12H2,1-3H3;5-18,24-28H,1-4,19-23H2/t16-,17-,18-,20+,21-,22-,23-;5-,6+,7+,8-,9+,10+,11-,12+,13+,14-,15+,16-,17+,18+/m00/s1. The van der Waals surface area contributed by atoms with E-state index >= 15 is 0 Å². The number of carbonyl (C=O) groups excluding carboxylic acids is 3. The van der Waals surface area contributed by atoms with Crippen molar-refractivity contribution >= 4 is 17.5 Å². The molecule has 0 bridgehead atoms. The lowest BCUT2D eigenvalue weighted by atomic mass is 9.46. The van der Waals surface area contributed by atoms with Crippen LogP contribution in [0.25, 0.3) is 0 Å². The van der Waals surface area contributed by atoms with Gasteiger partial charge in [-0.2, -0.15) is 0 Å². The molecule has 61 heavy (non-hydrogen) atoms. The highest BCUT2D eigenvalue weighted by Gasteiger charge is 2.68. The number of rotatable bonds is 9.